The fourth-order valence-electron chi connectivity index (χ4n) is 3.17. The van der Waals surface area contributed by atoms with Gasteiger partial charge in [0.25, 0.3) is 0 Å². The minimum Gasteiger partial charge on any atom is -0.497 e. The highest BCUT2D eigenvalue weighted by molar-refractivity contribution is 5.89. The average Bonchev–Trinajstić information content (AvgIpc) is 2.69. The number of hydrogen-bond acceptors (Lipinski definition) is 4. The number of rotatable bonds is 5. The molecule has 3 rings (SSSR count). The summed E-state index contributed by atoms with van der Waals surface area (Å²) in [5.74, 6) is 2.14. The molecule has 0 bridgehead atoms. The smallest absolute Gasteiger partial charge is 0.321 e. The first-order valence-corrected chi connectivity index (χ1v) is 9.19. The number of hydrogen-bond donors (Lipinski definition) is 1. The van der Waals surface area contributed by atoms with Crippen molar-refractivity contribution in [3.05, 3.63) is 48.5 Å². The number of piperidine rings is 1. The van der Waals surface area contributed by atoms with E-state index in [4.69, 9.17) is 9.47 Å². The number of likely N-dealkylation sites (tertiary alicyclic amines) is 1. The van der Waals surface area contributed by atoms with Crippen LogP contribution < -0.4 is 14.8 Å². The SMILES string of the molecule is COc1cccc(Oc2ccc(NC(=O)N(C)C3CCN(C)CC3)cc2)c1. The fraction of sp³-hybridized carbons (Fsp3) is 0.381. The predicted octanol–water partition coefficient (Wildman–Crippen LogP) is 4.05. The maximum Gasteiger partial charge on any atom is 0.321 e. The molecule has 0 aliphatic carbocycles. The third kappa shape index (κ3) is 5.14. The Morgan fingerprint density at radius 3 is 2.41 bits per heavy atom. The molecule has 6 nitrogen and oxygen atoms in total. The van der Waals surface area contributed by atoms with Gasteiger partial charge in [0.1, 0.15) is 17.2 Å². The van der Waals surface area contributed by atoms with Crippen LogP contribution in [-0.2, 0) is 0 Å². The summed E-state index contributed by atoms with van der Waals surface area (Å²) in [5.41, 5.74) is 0.748. The highest BCUT2D eigenvalue weighted by atomic mass is 16.5. The topological polar surface area (TPSA) is 54.0 Å². The molecule has 0 aromatic heterocycles. The summed E-state index contributed by atoms with van der Waals surface area (Å²) in [5, 5.41) is 2.96. The molecular formula is C21H27N3O3. The molecule has 1 fully saturated rings. The predicted molar refractivity (Wildman–Crippen MR) is 107 cm³/mol. The van der Waals surface area contributed by atoms with Crippen LogP contribution in [0.3, 0.4) is 0 Å². The van der Waals surface area contributed by atoms with E-state index < -0.39 is 0 Å². The summed E-state index contributed by atoms with van der Waals surface area (Å²) in [6, 6.07) is 15.0. The quantitative estimate of drug-likeness (QED) is 0.864. The average molecular weight is 369 g/mol. The molecule has 27 heavy (non-hydrogen) atoms. The Labute approximate surface area is 160 Å². The molecule has 1 N–H and O–H groups in total. The number of carbonyl (C=O) groups is 1. The van der Waals surface area contributed by atoms with Crippen LogP contribution in [0.25, 0.3) is 0 Å². The van der Waals surface area contributed by atoms with Gasteiger partial charge in [0, 0.05) is 24.8 Å². The van der Waals surface area contributed by atoms with Gasteiger partial charge < -0.3 is 24.6 Å². The van der Waals surface area contributed by atoms with Gasteiger partial charge in [-0.1, -0.05) is 6.07 Å². The molecule has 1 aliphatic heterocycles. The van der Waals surface area contributed by atoms with E-state index in [9.17, 15) is 4.79 Å². The lowest BCUT2D eigenvalue weighted by molar-refractivity contribution is 0.156. The van der Waals surface area contributed by atoms with Crippen LogP contribution in [0, 0.1) is 0 Å². The zero-order chi connectivity index (χ0) is 19.2. The van der Waals surface area contributed by atoms with Gasteiger partial charge in [0.2, 0.25) is 0 Å². The lowest BCUT2D eigenvalue weighted by Crippen LogP contribution is -2.46. The lowest BCUT2D eigenvalue weighted by atomic mass is 10.0. The number of urea groups is 1. The molecule has 1 heterocycles. The number of carbonyl (C=O) groups excluding carboxylic acids is 1. The van der Waals surface area contributed by atoms with Gasteiger partial charge in [-0.15, -0.1) is 0 Å². The van der Waals surface area contributed by atoms with Crippen LogP contribution >= 0.6 is 0 Å². The second-order valence-corrected chi connectivity index (χ2v) is 6.88. The number of anilines is 1. The Morgan fingerprint density at radius 2 is 1.74 bits per heavy atom. The van der Waals surface area contributed by atoms with Crippen LogP contribution in [0.5, 0.6) is 17.2 Å². The fourth-order valence-corrected chi connectivity index (χ4v) is 3.17. The molecule has 2 aromatic rings. The van der Waals surface area contributed by atoms with E-state index in [-0.39, 0.29) is 12.1 Å². The highest BCUT2D eigenvalue weighted by Crippen LogP contribution is 2.26. The monoisotopic (exact) mass is 369 g/mol. The second kappa shape index (κ2) is 8.77. The van der Waals surface area contributed by atoms with Gasteiger partial charge in [0.15, 0.2) is 0 Å². The summed E-state index contributed by atoms with van der Waals surface area (Å²) in [4.78, 5) is 16.6. The molecule has 0 saturated carbocycles. The molecule has 1 aliphatic rings. The first-order chi connectivity index (χ1) is 13.0. The Kier molecular flexibility index (Phi) is 6.19. The molecule has 144 valence electrons. The number of ether oxygens (including phenoxy) is 2. The van der Waals surface area contributed by atoms with E-state index in [0.29, 0.717) is 11.5 Å². The van der Waals surface area contributed by atoms with E-state index in [1.54, 1.807) is 7.11 Å². The van der Waals surface area contributed by atoms with Crippen molar-refractivity contribution in [3.63, 3.8) is 0 Å². The van der Waals surface area contributed by atoms with E-state index in [2.05, 4.69) is 17.3 Å². The number of nitrogens with one attached hydrogen (secondary N) is 1. The molecule has 0 atom stereocenters. The zero-order valence-electron chi connectivity index (χ0n) is 16.1. The number of methoxy groups -OCH3 is 1. The van der Waals surface area contributed by atoms with Crippen LogP contribution in [-0.4, -0.2) is 56.2 Å². The molecule has 2 amide bonds. The van der Waals surface area contributed by atoms with Crippen molar-refractivity contribution in [2.45, 2.75) is 18.9 Å². The van der Waals surface area contributed by atoms with Crippen LogP contribution in [0.2, 0.25) is 0 Å². The van der Waals surface area contributed by atoms with Crippen molar-refractivity contribution in [2.24, 2.45) is 0 Å². The highest BCUT2D eigenvalue weighted by Gasteiger charge is 2.23. The molecule has 2 aromatic carbocycles. The second-order valence-electron chi connectivity index (χ2n) is 6.88. The molecule has 1 saturated heterocycles. The van der Waals surface area contributed by atoms with Crippen molar-refractivity contribution in [3.8, 4) is 17.2 Å². The number of amides is 2. The standard InChI is InChI=1S/C21H27N3O3/c1-23-13-11-17(12-14-23)24(2)21(25)22-16-7-9-18(10-8-16)27-20-6-4-5-19(15-20)26-3/h4-10,15,17H,11-14H2,1-3H3,(H,22,25). The van der Waals surface area contributed by atoms with Gasteiger partial charge in [-0.25, -0.2) is 4.79 Å². The Balaban J connectivity index is 1.56. The van der Waals surface area contributed by atoms with E-state index in [1.807, 2.05) is 60.5 Å². The maximum absolute atomic E-state index is 12.5. The van der Waals surface area contributed by atoms with Crippen LogP contribution in [0.15, 0.2) is 48.5 Å². The van der Waals surface area contributed by atoms with Crippen molar-refractivity contribution in [2.75, 3.05) is 39.6 Å². The normalized spacial score (nSPS) is 15.2. The van der Waals surface area contributed by atoms with Gasteiger partial charge in [-0.05, 0) is 69.4 Å². The Bertz CT molecular complexity index is 756. The maximum atomic E-state index is 12.5. The summed E-state index contributed by atoms with van der Waals surface area (Å²) >= 11 is 0. The third-order valence-electron chi connectivity index (χ3n) is 4.94. The van der Waals surface area contributed by atoms with E-state index >= 15 is 0 Å². The van der Waals surface area contributed by atoms with Crippen molar-refractivity contribution >= 4 is 11.7 Å². The van der Waals surface area contributed by atoms with Gasteiger partial charge in [-0.2, -0.15) is 0 Å². The Morgan fingerprint density at radius 1 is 1.07 bits per heavy atom. The Hall–Kier alpha value is -2.73. The van der Waals surface area contributed by atoms with Crippen LogP contribution in [0.4, 0.5) is 10.5 Å². The van der Waals surface area contributed by atoms with Crippen molar-refractivity contribution < 1.29 is 14.3 Å². The van der Waals surface area contributed by atoms with E-state index in [1.165, 1.54) is 0 Å². The molecule has 6 heteroatoms. The number of nitrogens with zero attached hydrogens (tertiary/aromatic N) is 2. The minimum absolute atomic E-state index is 0.0778. The molecule has 0 unspecified atom stereocenters. The van der Waals surface area contributed by atoms with Crippen LogP contribution in [0.1, 0.15) is 12.8 Å². The largest absolute Gasteiger partial charge is 0.497 e. The minimum atomic E-state index is -0.0778. The first-order valence-electron chi connectivity index (χ1n) is 9.19. The molecule has 0 radical (unpaired) electrons. The molecule has 0 spiro atoms. The lowest BCUT2D eigenvalue weighted by Gasteiger charge is -2.35. The van der Waals surface area contributed by atoms with Gasteiger partial charge >= 0.3 is 6.03 Å². The van der Waals surface area contributed by atoms with Gasteiger partial charge in [-0.3, -0.25) is 0 Å². The summed E-state index contributed by atoms with van der Waals surface area (Å²) in [7, 11) is 5.61. The zero-order valence-corrected chi connectivity index (χ0v) is 16.1. The summed E-state index contributed by atoms with van der Waals surface area (Å²) in [6.45, 7) is 2.05. The summed E-state index contributed by atoms with van der Waals surface area (Å²) in [6.07, 6.45) is 2.02. The van der Waals surface area contributed by atoms with Gasteiger partial charge in [0.05, 0.1) is 7.11 Å². The summed E-state index contributed by atoms with van der Waals surface area (Å²) < 4.78 is 11.0. The van der Waals surface area contributed by atoms with Crippen molar-refractivity contribution in [1.29, 1.82) is 0 Å². The first kappa shape index (κ1) is 19.0. The molecular weight excluding hydrogens is 342 g/mol. The third-order valence-corrected chi connectivity index (χ3v) is 4.94. The van der Waals surface area contributed by atoms with E-state index in [0.717, 1.165) is 37.4 Å². The number of benzene rings is 2. The van der Waals surface area contributed by atoms with Crippen molar-refractivity contribution in [1.82, 2.24) is 9.80 Å².